The molecule has 1 heterocycles. The second-order valence-corrected chi connectivity index (χ2v) is 5.35. The third-order valence-electron chi connectivity index (χ3n) is 3.66. The number of rotatable bonds is 4. The van der Waals surface area contributed by atoms with E-state index in [2.05, 4.69) is 5.10 Å². The summed E-state index contributed by atoms with van der Waals surface area (Å²) in [5.74, 6) is 0.759. The zero-order valence-electron chi connectivity index (χ0n) is 12.9. The zero-order valence-corrected chi connectivity index (χ0v) is 12.9. The van der Waals surface area contributed by atoms with Crippen LogP contribution in [-0.4, -0.2) is 16.9 Å². The summed E-state index contributed by atoms with van der Waals surface area (Å²) in [6.07, 6.45) is -0.841. The quantitative estimate of drug-likeness (QED) is 0.697. The summed E-state index contributed by atoms with van der Waals surface area (Å²) in [7, 11) is 1.60. The SMILES string of the molecule is COc1ccc(-c2cnn(Cc3cccc(C(F)(F)F)c3)c2)cc1. The van der Waals surface area contributed by atoms with Crippen molar-refractivity contribution in [3.8, 4) is 16.9 Å². The Labute approximate surface area is 137 Å². The minimum absolute atomic E-state index is 0.278. The second-order valence-electron chi connectivity index (χ2n) is 5.35. The molecule has 2 aromatic carbocycles. The van der Waals surface area contributed by atoms with E-state index < -0.39 is 11.7 Å². The van der Waals surface area contributed by atoms with E-state index in [1.54, 1.807) is 24.1 Å². The monoisotopic (exact) mass is 332 g/mol. The van der Waals surface area contributed by atoms with Crippen LogP contribution in [0, 0.1) is 0 Å². The zero-order chi connectivity index (χ0) is 17.2. The van der Waals surface area contributed by atoms with Gasteiger partial charge < -0.3 is 4.74 Å². The maximum absolute atomic E-state index is 12.8. The molecule has 0 amide bonds. The van der Waals surface area contributed by atoms with Crippen molar-refractivity contribution in [2.24, 2.45) is 0 Å². The molecular weight excluding hydrogens is 317 g/mol. The van der Waals surface area contributed by atoms with Crippen LogP contribution in [0.15, 0.2) is 60.9 Å². The van der Waals surface area contributed by atoms with Gasteiger partial charge in [-0.1, -0.05) is 24.3 Å². The highest BCUT2D eigenvalue weighted by molar-refractivity contribution is 5.62. The van der Waals surface area contributed by atoms with Crippen LogP contribution in [0.1, 0.15) is 11.1 Å². The van der Waals surface area contributed by atoms with Crippen molar-refractivity contribution in [2.45, 2.75) is 12.7 Å². The Balaban J connectivity index is 1.79. The Morgan fingerprint density at radius 2 is 1.79 bits per heavy atom. The molecule has 0 bridgehead atoms. The fourth-order valence-electron chi connectivity index (χ4n) is 2.42. The average molecular weight is 332 g/mol. The van der Waals surface area contributed by atoms with Gasteiger partial charge in [-0.15, -0.1) is 0 Å². The van der Waals surface area contributed by atoms with Crippen molar-refractivity contribution in [3.63, 3.8) is 0 Å². The molecule has 0 saturated carbocycles. The van der Waals surface area contributed by atoms with Crippen molar-refractivity contribution < 1.29 is 17.9 Å². The van der Waals surface area contributed by atoms with Crippen LogP contribution in [-0.2, 0) is 12.7 Å². The van der Waals surface area contributed by atoms with Gasteiger partial charge in [-0.05, 0) is 35.4 Å². The van der Waals surface area contributed by atoms with Gasteiger partial charge in [0.2, 0.25) is 0 Å². The van der Waals surface area contributed by atoms with Crippen LogP contribution in [0.3, 0.4) is 0 Å². The van der Waals surface area contributed by atoms with Crippen LogP contribution in [0.4, 0.5) is 13.2 Å². The molecule has 6 heteroatoms. The van der Waals surface area contributed by atoms with Gasteiger partial charge in [-0.3, -0.25) is 4.68 Å². The van der Waals surface area contributed by atoms with E-state index in [0.29, 0.717) is 5.56 Å². The Hall–Kier alpha value is -2.76. The van der Waals surface area contributed by atoms with E-state index in [-0.39, 0.29) is 6.54 Å². The van der Waals surface area contributed by atoms with Crippen LogP contribution in [0.5, 0.6) is 5.75 Å². The number of halogens is 3. The number of ether oxygens (including phenoxy) is 1. The lowest BCUT2D eigenvalue weighted by molar-refractivity contribution is -0.137. The van der Waals surface area contributed by atoms with Crippen LogP contribution in [0.25, 0.3) is 11.1 Å². The van der Waals surface area contributed by atoms with Crippen molar-refractivity contribution >= 4 is 0 Å². The maximum atomic E-state index is 12.8. The summed E-state index contributed by atoms with van der Waals surface area (Å²) < 4.78 is 45.0. The van der Waals surface area contributed by atoms with Gasteiger partial charge in [-0.25, -0.2) is 0 Å². The fraction of sp³-hybridized carbons (Fsp3) is 0.167. The molecule has 0 fully saturated rings. The van der Waals surface area contributed by atoms with Gasteiger partial charge in [0.15, 0.2) is 0 Å². The molecule has 0 radical (unpaired) electrons. The standard InChI is InChI=1S/C18H15F3N2O/c1-24-17-7-5-14(6-8-17)15-10-22-23(12-15)11-13-3-2-4-16(9-13)18(19,20)21/h2-10,12H,11H2,1H3. The van der Waals surface area contributed by atoms with E-state index >= 15 is 0 Å². The molecule has 0 aliphatic carbocycles. The van der Waals surface area contributed by atoms with Gasteiger partial charge in [-0.2, -0.15) is 18.3 Å². The summed E-state index contributed by atoms with van der Waals surface area (Å²) in [6, 6.07) is 12.8. The molecule has 0 spiro atoms. The first-order chi connectivity index (χ1) is 11.5. The normalized spacial score (nSPS) is 11.5. The van der Waals surface area contributed by atoms with Crippen LogP contribution >= 0.6 is 0 Å². The van der Waals surface area contributed by atoms with Crippen LogP contribution in [0.2, 0.25) is 0 Å². The lowest BCUT2D eigenvalue weighted by Crippen LogP contribution is -2.07. The summed E-state index contributed by atoms with van der Waals surface area (Å²) in [4.78, 5) is 0. The number of benzene rings is 2. The van der Waals surface area contributed by atoms with Crippen molar-refractivity contribution in [3.05, 3.63) is 72.1 Å². The number of methoxy groups -OCH3 is 1. The fourth-order valence-corrected chi connectivity index (χ4v) is 2.42. The topological polar surface area (TPSA) is 27.1 Å². The highest BCUT2D eigenvalue weighted by Crippen LogP contribution is 2.29. The highest BCUT2D eigenvalue weighted by Gasteiger charge is 2.30. The molecular formula is C18H15F3N2O. The first-order valence-electron chi connectivity index (χ1n) is 7.29. The Morgan fingerprint density at radius 3 is 2.46 bits per heavy atom. The third-order valence-corrected chi connectivity index (χ3v) is 3.66. The number of nitrogens with zero attached hydrogens (tertiary/aromatic N) is 2. The summed E-state index contributed by atoms with van der Waals surface area (Å²) in [6.45, 7) is 0.278. The van der Waals surface area contributed by atoms with E-state index in [1.165, 1.54) is 6.07 Å². The van der Waals surface area contributed by atoms with E-state index in [9.17, 15) is 13.2 Å². The van der Waals surface area contributed by atoms with E-state index in [0.717, 1.165) is 29.0 Å². The maximum Gasteiger partial charge on any atom is 0.416 e. The largest absolute Gasteiger partial charge is 0.497 e. The summed E-state index contributed by atoms with van der Waals surface area (Å²) in [5.41, 5.74) is 1.76. The second kappa shape index (κ2) is 6.39. The number of hydrogen-bond acceptors (Lipinski definition) is 2. The van der Waals surface area contributed by atoms with Crippen molar-refractivity contribution in [1.82, 2.24) is 9.78 Å². The minimum Gasteiger partial charge on any atom is -0.497 e. The van der Waals surface area contributed by atoms with Gasteiger partial charge in [0, 0.05) is 11.8 Å². The summed E-state index contributed by atoms with van der Waals surface area (Å²) in [5, 5.41) is 4.23. The molecule has 0 unspecified atom stereocenters. The van der Waals surface area contributed by atoms with E-state index in [4.69, 9.17) is 4.74 Å². The number of alkyl halides is 3. The molecule has 1 aromatic heterocycles. The molecule has 0 atom stereocenters. The predicted octanol–water partition coefficient (Wildman–Crippen LogP) is 4.63. The first-order valence-corrected chi connectivity index (χ1v) is 7.29. The highest BCUT2D eigenvalue weighted by atomic mass is 19.4. The average Bonchev–Trinajstić information content (AvgIpc) is 3.03. The van der Waals surface area contributed by atoms with Crippen LogP contribution < -0.4 is 4.74 Å². The first kappa shape index (κ1) is 16.1. The van der Waals surface area contributed by atoms with E-state index in [1.807, 2.05) is 30.5 Å². The Morgan fingerprint density at radius 1 is 1.04 bits per heavy atom. The lowest BCUT2D eigenvalue weighted by Gasteiger charge is -2.08. The Kier molecular flexibility index (Phi) is 4.29. The smallest absolute Gasteiger partial charge is 0.416 e. The Bertz CT molecular complexity index is 823. The molecule has 124 valence electrons. The van der Waals surface area contributed by atoms with Crippen molar-refractivity contribution in [1.29, 1.82) is 0 Å². The molecule has 3 rings (SSSR count). The van der Waals surface area contributed by atoms with Gasteiger partial charge >= 0.3 is 6.18 Å². The molecule has 0 N–H and O–H groups in total. The van der Waals surface area contributed by atoms with Crippen molar-refractivity contribution in [2.75, 3.05) is 7.11 Å². The molecule has 0 saturated heterocycles. The lowest BCUT2D eigenvalue weighted by atomic mass is 10.1. The summed E-state index contributed by atoms with van der Waals surface area (Å²) >= 11 is 0. The van der Waals surface area contributed by atoms with Gasteiger partial charge in [0.25, 0.3) is 0 Å². The predicted molar refractivity (Wildman–Crippen MR) is 84.8 cm³/mol. The minimum atomic E-state index is -4.34. The third kappa shape index (κ3) is 3.59. The number of aromatic nitrogens is 2. The van der Waals surface area contributed by atoms with Gasteiger partial charge in [0.1, 0.15) is 5.75 Å². The molecule has 0 aliphatic rings. The van der Waals surface area contributed by atoms with Gasteiger partial charge in [0.05, 0.1) is 25.4 Å². The molecule has 3 aromatic rings. The molecule has 3 nitrogen and oxygen atoms in total. The molecule has 0 aliphatic heterocycles. The molecule has 24 heavy (non-hydrogen) atoms. The number of hydrogen-bond donors (Lipinski definition) is 0.